The van der Waals surface area contributed by atoms with Crippen molar-refractivity contribution in [2.45, 2.75) is 32.4 Å². The first-order valence-corrected chi connectivity index (χ1v) is 5.70. The molecule has 1 aromatic heterocycles. The molecule has 1 aliphatic rings. The fraction of sp³-hybridized carbons (Fsp3) is 0.583. The Hall–Kier alpha value is -1.13. The number of hydrogen-bond acceptors (Lipinski definition) is 4. The minimum atomic E-state index is -0.00272. The smallest absolute Gasteiger partial charge is 0.0717 e. The van der Waals surface area contributed by atoms with E-state index in [-0.39, 0.29) is 19.3 Å². The fourth-order valence-electron chi connectivity index (χ4n) is 2.31. The van der Waals surface area contributed by atoms with E-state index in [0.717, 1.165) is 36.3 Å². The number of pyridine rings is 1. The molecule has 4 heteroatoms. The molecule has 0 bridgehead atoms. The zero-order chi connectivity index (χ0) is 11.5. The van der Waals surface area contributed by atoms with Crippen LogP contribution in [0.5, 0.6) is 0 Å². The van der Waals surface area contributed by atoms with Crippen molar-refractivity contribution >= 4 is 5.69 Å². The highest BCUT2D eigenvalue weighted by Crippen LogP contribution is 2.28. The molecular formula is C12H18N2O2. The van der Waals surface area contributed by atoms with Crippen molar-refractivity contribution in [3.8, 4) is 0 Å². The summed E-state index contributed by atoms with van der Waals surface area (Å²) in [6.07, 6.45) is 3.83. The Morgan fingerprint density at radius 2 is 2.31 bits per heavy atom. The number of rotatable bonds is 3. The van der Waals surface area contributed by atoms with E-state index in [1.807, 2.05) is 13.0 Å². The molecule has 1 saturated heterocycles. The second-order valence-electron chi connectivity index (χ2n) is 4.28. The summed E-state index contributed by atoms with van der Waals surface area (Å²) < 4.78 is 0. The van der Waals surface area contributed by atoms with E-state index < -0.39 is 0 Å². The van der Waals surface area contributed by atoms with Crippen molar-refractivity contribution in [3.63, 3.8) is 0 Å². The molecule has 0 saturated carbocycles. The van der Waals surface area contributed by atoms with Crippen LogP contribution in [0, 0.1) is 6.92 Å². The quantitative estimate of drug-likeness (QED) is 0.796. The third kappa shape index (κ3) is 2.03. The second-order valence-corrected chi connectivity index (χ2v) is 4.28. The molecule has 0 spiro atoms. The highest BCUT2D eigenvalue weighted by atomic mass is 16.3. The van der Waals surface area contributed by atoms with Gasteiger partial charge in [-0.15, -0.1) is 0 Å². The molecule has 16 heavy (non-hydrogen) atoms. The Morgan fingerprint density at radius 3 is 3.00 bits per heavy atom. The Balaban J connectivity index is 2.34. The Bertz CT molecular complexity index is 368. The minimum Gasteiger partial charge on any atom is -0.394 e. The zero-order valence-electron chi connectivity index (χ0n) is 9.56. The lowest BCUT2D eigenvalue weighted by Crippen LogP contribution is -2.32. The van der Waals surface area contributed by atoms with Crippen LogP contribution in [0.25, 0.3) is 0 Å². The molecule has 1 unspecified atom stereocenters. The summed E-state index contributed by atoms with van der Waals surface area (Å²) in [5.41, 5.74) is 2.80. The Kier molecular flexibility index (Phi) is 3.41. The molecule has 2 heterocycles. The Morgan fingerprint density at radius 1 is 1.50 bits per heavy atom. The van der Waals surface area contributed by atoms with Gasteiger partial charge in [-0.05, 0) is 25.8 Å². The van der Waals surface area contributed by atoms with Crippen LogP contribution in [0.1, 0.15) is 24.1 Å². The normalized spacial score (nSPS) is 20.4. The number of hydrogen-bond donors (Lipinski definition) is 2. The first kappa shape index (κ1) is 11.4. The largest absolute Gasteiger partial charge is 0.394 e. The SMILES string of the molecule is Cc1cc(N2CCCC2CO)c(CO)cn1. The lowest BCUT2D eigenvalue weighted by Gasteiger charge is -2.27. The van der Waals surface area contributed by atoms with E-state index in [0.29, 0.717) is 0 Å². The van der Waals surface area contributed by atoms with Gasteiger partial charge in [-0.1, -0.05) is 0 Å². The van der Waals surface area contributed by atoms with Crippen LogP contribution in [-0.2, 0) is 6.61 Å². The predicted octanol–water partition coefficient (Wildman–Crippen LogP) is 0.843. The maximum Gasteiger partial charge on any atom is 0.0717 e. The molecule has 0 radical (unpaired) electrons. The lowest BCUT2D eigenvalue weighted by atomic mass is 10.1. The van der Waals surface area contributed by atoms with Crippen LogP contribution in [0.15, 0.2) is 12.3 Å². The summed E-state index contributed by atoms with van der Waals surface area (Å²) in [6.45, 7) is 3.06. The first-order chi connectivity index (χ1) is 7.76. The van der Waals surface area contributed by atoms with Crippen molar-refractivity contribution in [3.05, 3.63) is 23.5 Å². The molecule has 1 fully saturated rings. The summed E-state index contributed by atoms with van der Waals surface area (Å²) in [6, 6.07) is 2.17. The molecule has 1 atom stereocenters. The molecule has 0 aromatic carbocycles. The molecular weight excluding hydrogens is 204 g/mol. The zero-order valence-corrected chi connectivity index (χ0v) is 9.56. The summed E-state index contributed by atoms with van der Waals surface area (Å²) in [4.78, 5) is 6.36. The van der Waals surface area contributed by atoms with E-state index in [1.54, 1.807) is 6.20 Å². The maximum atomic E-state index is 9.31. The number of aliphatic hydroxyl groups is 2. The standard InChI is InChI=1S/C12H18N2O2/c1-9-5-12(10(7-15)6-13-9)14-4-2-3-11(14)8-16/h5-6,11,15-16H,2-4,7-8H2,1H3. The monoisotopic (exact) mass is 222 g/mol. The summed E-state index contributed by atoms with van der Waals surface area (Å²) >= 11 is 0. The maximum absolute atomic E-state index is 9.31. The number of nitrogens with zero attached hydrogens (tertiary/aromatic N) is 2. The molecule has 2 rings (SSSR count). The van der Waals surface area contributed by atoms with Gasteiger partial charge in [0.2, 0.25) is 0 Å². The molecule has 0 amide bonds. The van der Waals surface area contributed by atoms with Gasteiger partial charge in [0.05, 0.1) is 19.3 Å². The van der Waals surface area contributed by atoms with Crippen LogP contribution >= 0.6 is 0 Å². The van der Waals surface area contributed by atoms with Crippen LogP contribution in [0.2, 0.25) is 0 Å². The van der Waals surface area contributed by atoms with Crippen LogP contribution in [0.3, 0.4) is 0 Å². The highest BCUT2D eigenvalue weighted by Gasteiger charge is 2.25. The van der Waals surface area contributed by atoms with Crippen LogP contribution in [0.4, 0.5) is 5.69 Å². The van der Waals surface area contributed by atoms with Crippen molar-refractivity contribution in [1.82, 2.24) is 4.98 Å². The van der Waals surface area contributed by atoms with Gasteiger partial charge in [0.25, 0.3) is 0 Å². The van der Waals surface area contributed by atoms with E-state index in [4.69, 9.17) is 0 Å². The average Bonchev–Trinajstić information content (AvgIpc) is 2.76. The van der Waals surface area contributed by atoms with E-state index >= 15 is 0 Å². The van der Waals surface area contributed by atoms with Crippen molar-refractivity contribution in [2.24, 2.45) is 0 Å². The molecule has 0 aliphatic carbocycles. The molecule has 1 aromatic rings. The van der Waals surface area contributed by atoms with E-state index in [2.05, 4.69) is 9.88 Å². The number of aliphatic hydroxyl groups excluding tert-OH is 2. The van der Waals surface area contributed by atoms with Crippen molar-refractivity contribution in [2.75, 3.05) is 18.1 Å². The van der Waals surface area contributed by atoms with Crippen molar-refractivity contribution < 1.29 is 10.2 Å². The average molecular weight is 222 g/mol. The Labute approximate surface area is 95.5 Å². The summed E-state index contributed by atoms with van der Waals surface area (Å²) in [5, 5.41) is 18.6. The third-order valence-corrected chi connectivity index (χ3v) is 3.17. The van der Waals surface area contributed by atoms with Gasteiger partial charge in [-0.25, -0.2) is 0 Å². The van der Waals surface area contributed by atoms with E-state index in [9.17, 15) is 10.2 Å². The van der Waals surface area contributed by atoms with Crippen LogP contribution < -0.4 is 4.90 Å². The van der Waals surface area contributed by atoms with Crippen LogP contribution in [-0.4, -0.2) is 34.4 Å². The molecule has 2 N–H and O–H groups in total. The van der Waals surface area contributed by atoms with E-state index in [1.165, 1.54) is 0 Å². The number of aromatic nitrogens is 1. The number of aryl methyl sites for hydroxylation is 1. The highest BCUT2D eigenvalue weighted by molar-refractivity contribution is 5.55. The van der Waals surface area contributed by atoms with Gasteiger partial charge < -0.3 is 15.1 Å². The van der Waals surface area contributed by atoms with Gasteiger partial charge in [0, 0.05) is 29.7 Å². The summed E-state index contributed by atoms with van der Waals surface area (Å²) in [5.74, 6) is 0. The summed E-state index contributed by atoms with van der Waals surface area (Å²) in [7, 11) is 0. The fourth-order valence-corrected chi connectivity index (χ4v) is 2.31. The second kappa shape index (κ2) is 4.80. The van der Waals surface area contributed by atoms with Gasteiger partial charge in [0.1, 0.15) is 0 Å². The van der Waals surface area contributed by atoms with Gasteiger partial charge in [0.15, 0.2) is 0 Å². The third-order valence-electron chi connectivity index (χ3n) is 3.17. The van der Waals surface area contributed by atoms with Gasteiger partial charge in [-0.3, -0.25) is 4.98 Å². The first-order valence-electron chi connectivity index (χ1n) is 5.70. The molecule has 1 aliphatic heterocycles. The lowest BCUT2D eigenvalue weighted by molar-refractivity contribution is 0.264. The molecule has 88 valence electrons. The minimum absolute atomic E-state index is 0.00272. The van der Waals surface area contributed by atoms with Crippen molar-refractivity contribution in [1.29, 1.82) is 0 Å². The predicted molar refractivity (Wildman–Crippen MR) is 62.4 cm³/mol. The topological polar surface area (TPSA) is 56.6 Å². The number of anilines is 1. The van der Waals surface area contributed by atoms with Gasteiger partial charge in [-0.2, -0.15) is 0 Å². The molecule has 4 nitrogen and oxygen atoms in total. The van der Waals surface area contributed by atoms with Gasteiger partial charge >= 0.3 is 0 Å².